The van der Waals surface area contributed by atoms with Crippen LogP contribution in [0.4, 0.5) is 0 Å². The fourth-order valence-electron chi connectivity index (χ4n) is 3.36. The normalized spacial score (nSPS) is 10.9. The average molecular weight is 333 g/mol. The second kappa shape index (κ2) is 9.22. The van der Waals surface area contributed by atoms with Crippen LogP contribution in [0.25, 0.3) is 17.1 Å². The van der Waals surface area contributed by atoms with E-state index in [1.54, 1.807) is 0 Å². The van der Waals surface area contributed by atoms with E-state index < -0.39 is 0 Å². The monoisotopic (exact) mass is 333 g/mol. The molecule has 25 heavy (non-hydrogen) atoms. The zero-order valence-electron chi connectivity index (χ0n) is 15.3. The van der Waals surface area contributed by atoms with Crippen LogP contribution in [0.5, 0.6) is 0 Å². The molecule has 0 fully saturated rings. The Morgan fingerprint density at radius 1 is 0.760 bits per heavy atom. The Morgan fingerprint density at radius 3 is 2.12 bits per heavy atom. The molecule has 0 aliphatic carbocycles. The van der Waals surface area contributed by atoms with Gasteiger partial charge < -0.3 is 0 Å². The number of hydrogen-bond donors (Lipinski definition) is 0. The van der Waals surface area contributed by atoms with Gasteiger partial charge in [0.25, 0.3) is 5.82 Å². The number of aromatic nitrogens is 2. The number of unbranched alkanes of at least 4 members (excludes halogenated alkanes) is 5. The molecular weight excluding hydrogens is 304 g/mol. The lowest BCUT2D eigenvalue weighted by Crippen LogP contribution is -2.34. The number of aryl methyl sites for hydroxylation is 1. The van der Waals surface area contributed by atoms with E-state index in [1.807, 2.05) is 0 Å². The van der Waals surface area contributed by atoms with Crippen LogP contribution in [-0.2, 0) is 6.54 Å². The maximum atomic E-state index is 2.40. The van der Waals surface area contributed by atoms with Gasteiger partial charge in [0.1, 0.15) is 18.1 Å². The van der Waals surface area contributed by atoms with Crippen molar-refractivity contribution < 1.29 is 4.57 Å². The largest absolute Gasteiger partial charge is 0.294 e. The van der Waals surface area contributed by atoms with Gasteiger partial charge in [0.2, 0.25) is 0 Å². The third-order valence-electron chi connectivity index (χ3n) is 4.71. The van der Waals surface area contributed by atoms with Crippen molar-refractivity contribution in [3.05, 3.63) is 73.1 Å². The Morgan fingerprint density at radius 2 is 1.40 bits per heavy atom. The van der Waals surface area contributed by atoms with Gasteiger partial charge >= 0.3 is 0 Å². The third kappa shape index (κ3) is 4.60. The van der Waals surface area contributed by atoms with Crippen molar-refractivity contribution in [1.29, 1.82) is 0 Å². The number of benzene rings is 2. The Balaban J connectivity index is 1.80. The maximum Gasteiger partial charge on any atom is 0.294 e. The lowest BCUT2D eigenvalue weighted by Gasteiger charge is -2.06. The predicted molar refractivity (Wildman–Crippen MR) is 105 cm³/mol. The number of para-hydroxylation sites is 1. The van der Waals surface area contributed by atoms with Gasteiger partial charge in [0.15, 0.2) is 0 Å². The van der Waals surface area contributed by atoms with Crippen molar-refractivity contribution in [3.8, 4) is 17.1 Å². The second-order valence-electron chi connectivity index (χ2n) is 6.65. The highest BCUT2D eigenvalue weighted by atomic mass is 15.2. The smallest absolute Gasteiger partial charge is 0.230 e. The number of rotatable bonds is 9. The van der Waals surface area contributed by atoms with Crippen LogP contribution < -0.4 is 4.57 Å². The molecule has 2 heteroatoms. The van der Waals surface area contributed by atoms with Crippen LogP contribution in [0.15, 0.2) is 73.1 Å². The minimum atomic E-state index is 1.08. The number of imidazole rings is 1. The molecule has 0 amide bonds. The molecule has 130 valence electrons. The molecule has 0 spiro atoms. The molecule has 3 aromatic rings. The average Bonchev–Trinajstić information content (AvgIpc) is 3.10. The summed E-state index contributed by atoms with van der Waals surface area (Å²) in [7, 11) is 0. The summed E-state index contributed by atoms with van der Waals surface area (Å²) in [6.45, 7) is 3.35. The molecule has 0 unspecified atom stereocenters. The van der Waals surface area contributed by atoms with Crippen LogP contribution >= 0.6 is 0 Å². The first-order chi connectivity index (χ1) is 12.4. The van der Waals surface area contributed by atoms with Crippen LogP contribution in [-0.4, -0.2) is 4.57 Å². The zero-order valence-corrected chi connectivity index (χ0v) is 15.3. The predicted octanol–water partition coefficient (Wildman–Crippen LogP) is 5.79. The third-order valence-corrected chi connectivity index (χ3v) is 4.71. The summed E-state index contributed by atoms with van der Waals surface area (Å²) < 4.78 is 4.70. The zero-order chi connectivity index (χ0) is 17.3. The molecule has 0 atom stereocenters. The van der Waals surface area contributed by atoms with Gasteiger partial charge in [0.05, 0.1) is 12.1 Å². The molecule has 0 radical (unpaired) electrons. The molecule has 0 bridgehead atoms. The van der Waals surface area contributed by atoms with E-state index in [2.05, 4.69) is 89.1 Å². The second-order valence-corrected chi connectivity index (χ2v) is 6.65. The summed E-state index contributed by atoms with van der Waals surface area (Å²) in [5, 5.41) is 0. The molecule has 3 rings (SSSR count). The number of hydrogen-bond acceptors (Lipinski definition) is 0. The fourth-order valence-corrected chi connectivity index (χ4v) is 3.36. The molecule has 0 aliphatic heterocycles. The molecule has 0 aliphatic rings. The molecule has 1 heterocycles. The molecule has 0 N–H and O–H groups in total. The van der Waals surface area contributed by atoms with E-state index in [9.17, 15) is 0 Å². The minimum absolute atomic E-state index is 1.08. The van der Waals surface area contributed by atoms with Crippen LogP contribution in [0.3, 0.4) is 0 Å². The Kier molecular flexibility index (Phi) is 6.44. The maximum absolute atomic E-state index is 2.40. The highest BCUT2D eigenvalue weighted by Crippen LogP contribution is 2.20. The van der Waals surface area contributed by atoms with E-state index in [4.69, 9.17) is 0 Å². The molecular formula is C23H29N2+. The van der Waals surface area contributed by atoms with Crippen molar-refractivity contribution in [2.75, 3.05) is 0 Å². The highest BCUT2D eigenvalue weighted by Gasteiger charge is 2.20. The molecule has 0 saturated heterocycles. The summed E-state index contributed by atoms with van der Waals surface area (Å²) in [5.41, 5.74) is 2.48. The first-order valence-electron chi connectivity index (χ1n) is 9.62. The Bertz CT molecular complexity index is 744. The molecule has 1 aromatic heterocycles. The summed E-state index contributed by atoms with van der Waals surface area (Å²) in [6, 6.07) is 21.3. The quantitative estimate of drug-likeness (QED) is 0.346. The standard InChI is InChI=1S/C23H29N2/c1-2-3-4-5-6-13-18-24-19-20-25(22-16-11-8-12-17-22)23(24)21-14-9-7-10-15-21/h7-12,14-17,19-20H,2-6,13,18H2,1H3/q+1. The summed E-state index contributed by atoms with van der Waals surface area (Å²) in [4.78, 5) is 0. The lowest BCUT2D eigenvalue weighted by molar-refractivity contribution is -0.685. The van der Waals surface area contributed by atoms with Gasteiger partial charge in [0, 0.05) is 0 Å². The summed E-state index contributed by atoms with van der Waals surface area (Å²) >= 11 is 0. The van der Waals surface area contributed by atoms with Crippen LogP contribution in [0, 0.1) is 0 Å². The fraction of sp³-hybridized carbons (Fsp3) is 0.348. The van der Waals surface area contributed by atoms with Gasteiger partial charge in [-0.15, -0.1) is 0 Å². The van der Waals surface area contributed by atoms with Crippen molar-refractivity contribution >= 4 is 0 Å². The Labute approximate surface area is 151 Å². The van der Waals surface area contributed by atoms with Crippen molar-refractivity contribution in [2.24, 2.45) is 0 Å². The van der Waals surface area contributed by atoms with E-state index in [0.717, 1.165) is 6.54 Å². The van der Waals surface area contributed by atoms with Gasteiger partial charge in [-0.05, 0) is 37.1 Å². The van der Waals surface area contributed by atoms with Crippen LogP contribution in [0.1, 0.15) is 45.4 Å². The van der Waals surface area contributed by atoms with Crippen molar-refractivity contribution in [3.63, 3.8) is 0 Å². The van der Waals surface area contributed by atoms with Crippen molar-refractivity contribution in [2.45, 2.75) is 52.0 Å². The van der Waals surface area contributed by atoms with Crippen molar-refractivity contribution in [1.82, 2.24) is 4.57 Å². The van der Waals surface area contributed by atoms with Crippen LogP contribution in [0.2, 0.25) is 0 Å². The first-order valence-corrected chi connectivity index (χ1v) is 9.62. The van der Waals surface area contributed by atoms with E-state index in [0.29, 0.717) is 0 Å². The van der Waals surface area contributed by atoms with Gasteiger partial charge in [-0.3, -0.25) is 0 Å². The molecule has 2 aromatic carbocycles. The van der Waals surface area contributed by atoms with E-state index in [-0.39, 0.29) is 0 Å². The summed E-state index contributed by atoms with van der Waals surface area (Å²) in [6.07, 6.45) is 12.4. The van der Waals surface area contributed by atoms with E-state index in [1.165, 1.54) is 55.6 Å². The molecule has 2 nitrogen and oxygen atoms in total. The van der Waals surface area contributed by atoms with Gasteiger partial charge in [-0.2, -0.15) is 4.57 Å². The topological polar surface area (TPSA) is 8.81 Å². The highest BCUT2D eigenvalue weighted by molar-refractivity contribution is 5.55. The van der Waals surface area contributed by atoms with Gasteiger partial charge in [-0.25, -0.2) is 4.57 Å². The Hall–Kier alpha value is -2.35. The SMILES string of the molecule is CCCCCCCC[n+]1ccn(-c2ccccc2)c1-c1ccccc1. The summed E-state index contributed by atoms with van der Waals surface area (Å²) in [5.74, 6) is 1.26. The first kappa shape index (κ1) is 17.5. The molecule has 0 saturated carbocycles. The number of nitrogens with zero attached hydrogens (tertiary/aromatic N) is 2. The minimum Gasteiger partial charge on any atom is -0.230 e. The van der Waals surface area contributed by atoms with Gasteiger partial charge in [-0.1, -0.05) is 69.0 Å². The van der Waals surface area contributed by atoms with E-state index >= 15 is 0 Å². The lowest BCUT2D eigenvalue weighted by atomic mass is 10.1.